The molecule has 2 aromatic carbocycles. The van der Waals surface area contributed by atoms with Gasteiger partial charge in [0.15, 0.2) is 6.04 Å². The van der Waals surface area contributed by atoms with Gasteiger partial charge in [0.2, 0.25) is 5.91 Å². The van der Waals surface area contributed by atoms with Crippen LogP contribution in [-0.4, -0.2) is 34.1 Å². The van der Waals surface area contributed by atoms with Gasteiger partial charge >= 0.3 is 12.1 Å². The van der Waals surface area contributed by atoms with E-state index in [4.69, 9.17) is 4.74 Å². The number of para-hydroxylation sites is 1. The van der Waals surface area contributed by atoms with Crippen molar-refractivity contribution < 1.29 is 24.2 Å². The monoisotopic (exact) mass is 501 g/mol. The number of H-pyrrole nitrogens is 1. The highest BCUT2D eigenvalue weighted by atomic mass is 79.9. The van der Waals surface area contributed by atoms with E-state index < -0.39 is 30.1 Å². The number of ether oxygens (including phenoxy) is 1. The summed E-state index contributed by atoms with van der Waals surface area (Å²) in [6, 6.07) is 12.3. The van der Waals surface area contributed by atoms with Crippen LogP contribution in [0.1, 0.15) is 31.0 Å². The standard InChI is InChI=1S/C23H24BrN3O5/c1-13(2)18(27-23(31)32-12-14-7-4-3-5-8-14)21(28)26-20(22(29)30)16-11-25-19-15(16)9-6-10-17(19)24/h3-11,13,18,20,25H,12H2,1-2H3,(H,26,28)(H,27,31)(H,29,30)/t18-,20?/m0/s1. The van der Waals surface area contributed by atoms with Gasteiger partial charge in [0, 0.05) is 21.6 Å². The number of hydrogen-bond acceptors (Lipinski definition) is 4. The third-order valence-electron chi connectivity index (χ3n) is 4.98. The minimum atomic E-state index is -1.30. The first-order valence-corrected chi connectivity index (χ1v) is 10.8. The Morgan fingerprint density at radius 1 is 1.06 bits per heavy atom. The van der Waals surface area contributed by atoms with Crippen LogP contribution in [0.25, 0.3) is 10.9 Å². The second-order valence-electron chi connectivity index (χ2n) is 7.61. The molecule has 0 aliphatic rings. The molecule has 0 aliphatic carbocycles. The fourth-order valence-corrected chi connectivity index (χ4v) is 3.79. The number of aliphatic carboxylic acids is 1. The molecule has 0 fully saturated rings. The molecule has 0 bridgehead atoms. The second kappa shape index (κ2) is 10.3. The smallest absolute Gasteiger partial charge is 0.408 e. The SMILES string of the molecule is CC(C)[C@H](NC(=O)OCc1ccccc1)C(=O)NC(C(=O)O)c1c[nH]c2c(Br)cccc12. The van der Waals surface area contributed by atoms with Gasteiger partial charge < -0.3 is 25.5 Å². The van der Waals surface area contributed by atoms with Crippen molar-refractivity contribution in [3.05, 3.63) is 70.3 Å². The average molecular weight is 502 g/mol. The van der Waals surface area contributed by atoms with E-state index in [0.29, 0.717) is 10.9 Å². The lowest BCUT2D eigenvalue weighted by Gasteiger charge is -2.23. The van der Waals surface area contributed by atoms with Crippen LogP contribution in [0.4, 0.5) is 4.79 Å². The Bertz CT molecular complexity index is 1110. The zero-order valence-electron chi connectivity index (χ0n) is 17.6. The lowest BCUT2D eigenvalue weighted by Crippen LogP contribution is -2.51. The maximum atomic E-state index is 12.9. The van der Waals surface area contributed by atoms with Crippen molar-refractivity contribution in [2.75, 3.05) is 0 Å². The molecule has 1 unspecified atom stereocenters. The van der Waals surface area contributed by atoms with Crippen molar-refractivity contribution in [2.45, 2.75) is 32.5 Å². The van der Waals surface area contributed by atoms with Crippen LogP contribution in [0, 0.1) is 5.92 Å². The lowest BCUT2D eigenvalue weighted by molar-refractivity contribution is -0.142. The molecule has 2 atom stereocenters. The van der Waals surface area contributed by atoms with Crippen LogP contribution in [0.5, 0.6) is 0 Å². The molecule has 2 amide bonds. The number of amides is 2. The highest BCUT2D eigenvalue weighted by Crippen LogP contribution is 2.29. The molecule has 0 saturated heterocycles. The van der Waals surface area contributed by atoms with Crippen LogP contribution in [-0.2, 0) is 20.9 Å². The molecule has 0 radical (unpaired) electrons. The second-order valence-corrected chi connectivity index (χ2v) is 8.47. The number of rotatable bonds is 8. The third-order valence-corrected chi connectivity index (χ3v) is 5.64. The average Bonchev–Trinajstić information content (AvgIpc) is 3.19. The maximum absolute atomic E-state index is 12.9. The molecule has 1 aromatic heterocycles. The van der Waals surface area contributed by atoms with Gasteiger partial charge in [-0.25, -0.2) is 9.59 Å². The molecule has 3 aromatic rings. The Morgan fingerprint density at radius 2 is 1.78 bits per heavy atom. The van der Waals surface area contributed by atoms with Crippen molar-refractivity contribution in [1.82, 2.24) is 15.6 Å². The van der Waals surface area contributed by atoms with Gasteiger partial charge in [-0.05, 0) is 33.5 Å². The molecule has 9 heteroatoms. The normalized spacial score (nSPS) is 12.9. The minimum Gasteiger partial charge on any atom is -0.479 e. The zero-order valence-corrected chi connectivity index (χ0v) is 19.2. The van der Waals surface area contributed by atoms with E-state index in [9.17, 15) is 19.5 Å². The van der Waals surface area contributed by atoms with Crippen molar-refractivity contribution >= 4 is 44.8 Å². The molecule has 32 heavy (non-hydrogen) atoms. The molecule has 0 spiro atoms. The molecule has 3 rings (SSSR count). The number of fused-ring (bicyclic) bond motifs is 1. The highest BCUT2D eigenvalue weighted by Gasteiger charge is 2.31. The summed E-state index contributed by atoms with van der Waals surface area (Å²) in [4.78, 5) is 40.2. The number of benzene rings is 2. The van der Waals surface area contributed by atoms with E-state index in [1.165, 1.54) is 0 Å². The zero-order chi connectivity index (χ0) is 23.3. The van der Waals surface area contributed by atoms with Crippen LogP contribution in [0.2, 0.25) is 0 Å². The van der Waals surface area contributed by atoms with Crippen molar-refractivity contribution in [2.24, 2.45) is 5.92 Å². The third kappa shape index (κ3) is 5.47. The molecule has 8 nitrogen and oxygen atoms in total. The highest BCUT2D eigenvalue weighted by molar-refractivity contribution is 9.10. The Labute approximate surface area is 193 Å². The van der Waals surface area contributed by atoms with E-state index in [2.05, 4.69) is 31.5 Å². The Kier molecular flexibility index (Phi) is 7.53. The number of carboxylic acids is 1. The lowest BCUT2D eigenvalue weighted by atomic mass is 10.0. The van der Waals surface area contributed by atoms with Crippen molar-refractivity contribution in [3.8, 4) is 0 Å². The van der Waals surface area contributed by atoms with E-state index in [1.54, 1.807) is 32.2 Å². The fourth-order valence-electron chi connectivity index (χ4n) is 3.31. The first kappa shape index (κ1) is 23.3. The minimum absolute atomic E-state index is 0.0566. The molecular weight excluding hydrogens is 478 g/mol. The number of hydrogen-bond donors (Lipinski definition) is 4. The number of nitrogens with one attached hydrogen (secondary N) is 3. The number of halogens is 1. The van der Waals surface area contributed by atoms with Gasteiger partial charge in [-0.15, -0.1) is 0 Å². The fraction of sp³-hybridized carbons (Fsp3) is 0.261. The van der Waals surface area contributed by atoms with Gasteiger partial charge in [0.1, 0.15) is 12.6 Å². The number of carbonyl (C=O) groups is 3. The van der Waals surface area contributed by atoms with Gasteiger partial charge in [0.05, 0.1) is 5.52 Å². The molecule has 4 N–H and O–H groups in total. The van der Waals surface area contributed by atoms with Gasteiger partial charge in [0.25, 0.3) is 0 Å². The van der Waals surface area contributed by atoms with Gasteiger partial charge in [-0.1, -0.05) is 56.3 Å². The number of aromatic nitrogens is 1. The quantitative estimate of drug-likeness (QED) is 0.369. The number of carbonyl (C=O) groups excluding carboxylic acids is 2. The summed E-state index contributed by atoms with van der Waals surface area (Å²) >= 11 is 3.42. The van der Waals surface area contributed by atoms with Crippen LogP contribution in [0.15, 0.2) is 59.2 Å². The molecule has 168 valence electrons. The van der Waals surface area contributed by atoms with Crippen molar-refractivity contribution in [3.63, 3.8) is 0 Å². The summed E-state index contributed by atoms with van der Waals surface area (Å²) < 4.78 is 5.98. The molecule has 1 heterocycles. The first-order valence-electron chi connectivity index (χ1n) is 10.0. The van der Waals surface area contributed by atoms with Gasteiger partial charge in [-0.2, -0.15) is 0 Å². The summed E-state index contributed by atoms with van der Waals surface area (Å²) in [5.74, 6) is -2.13. The Morgan fingerprint density at radius 3 is 2.44 bits per heavy atom. The predicted molar refractivity (Wildman–Crippen MR) is 123 cm³/mol. The number of carboxylic acid groups (broad SMARTS) is 1. The van der Waals surface area contributed by atoms with Crippen LogP contribution in [0.3, 0.4) is 0 Å². The number of aromatic amines is 1. The Balaban J connectivity index is 1.72. The van der Waals surface area contributed by atoms with Crippen LogP contribution < -0.4 is 10.6 Å². The number of alkyl carbamates (subject to hydrolysis) is 1. The summed E-state index contributed by atoms with van der Waals surface area (Å²) in [7, 11) is 0. The van der Waals surface area contributed by atoms with E-state index >= 15 is 0 Å². The van der Waals surface area contributed by atoms with Gasteiger partial charge in [-0.3, -0.25) is 4.79 Å². The van der Waals surface area contributed by atoms with E-state index in [0.717, 1.165) is 15.6 Å². The van der Waals surface area contributed by atoms with E-state index in [-0.39, 0.29) is 12.5 Å². The maximum Gasteiger partial charge on any atom is 0.408 e. The molecular formula is C23H24BrN3O5. The first-order chi connectivity index (χ1) is 15.3. The van der Waals surface area contributed by atoms with Crippen LogP contribution >= 0.6 is 15.9 Å². The topological polar surface area (TPSA) is 121 Å². The van der Waals surface area contributed by atoms with Crippen molar-refractivity contribution in [1.29, 1.82) is 0 Å². The summed E-state index contributed by atoms with van der Waals surface area (Å²) in [5.41, 5.74) is 1.95. The summed E-state index contributed by atoms with van der Waals surface area (Å²) in [6.45, 7) is 3.56. The molecule has 0 aliphatic heterocycles. The largest absolute Gasteiger partial charge is 0.479 e. The summed E-state index contributed by atoms with van der Waals surface area (Å²) in [6.07, 6.45) is 0.797. The molecule has 0 saturated carbocycles. The Hall–Kier alpha value is -3.33. The summed E-state index contributed by atoms with van der Waals surface area (Å²) in [5, 5.41) is 15.5. The predicted octanol–water partition coefficient (Wildman–Crippen LogP) is 4.12. The van der Waals surface area contributed by atoms with E-state index in [1.807, 2.05) is 36.4 Å².